The molecule has 168 valence electrons. The Labute approximate surface area is 186 Å². The molecule has 8 nitrogen and oxygen atoms in total. The summed E-state index contributed by atoms with van der Waals surface area (Å²) in [5.74, 6) is 0.167. The van der Waals surface area contributed by atoms with E-state index in [9.17, 15) is 13.2 Å². The van der Waals surface area contributed by atoms with Gasteiger partial charge < -0.3 is 20.2 Å². The lowest BCUT2D eigenvalue weighted by molar-refractivity contribution is -0.137. The van der Waals surface area contributed by atoms with Crippen molar-refractivity contribution >= 4 is 16.9 Å². The number of hydrogen-bond donors (Lipinski definition) is 3. The van der Waals surface area contributed by atoms with Crippen LogP contribution >= 0.6 is 0 Å². The maximum atomic E-state index is 13.8. The molecule has 1 aliphatic heterocycles. The van der Waals surface area contributed by atoms with Crippen LogP contribution in [0.1, 0.15) is 24.1 Å². The normalized spacial score (nSPS) is 16.6. The molecule has 0 unspecified atom stereocenters. The van der Waals surface area contributed by atoms with Crippen molar-refractivity contribution in [3.05, 3.63) is 54.4 Å². The van der Waals surface area contributed by atoms with Crippen molar-refractivity contribution in [2.45, 2.75) is 25.1 Å². The van der Waals surface area contributed by atoms with Gasteiger partial charge in [-0.25, -0.2) is 15.0 Å². The first-order chi connectivity index (χ1) is 15.9. The molecule has 3 aromatic heterocycles. The van der Waals surface area contributed by atoms with Crippen molar-refractivity contribution in [1.82, 2.24) is 29.8 Å². The first-order valence-corrected chi connectivity index (χ1v) is 10.4. The number of piperidine rings is 1. The Kier molecular flexibility index (Phi) is 5.22. The number of aromatic amines is 1. The van der Waals surface area contributed by atoms with Gasteiger partial charge in [0.15, 0.2) is 5.69 Å². The van der Waals surface area contributed by atoms with Crippen LogP contribution in [0.15, 0.2) is 43.1 Å². The van der Waals surface area contributed by atoms with Crippen molar-refractivity contribution in [1.29, 1.82) is 5.26 Å². The van der Waals surface area contributed by atoms with Crippen LogP contribution < -0.4 is 10.6 Å². The summed E-state index contributed by atoms with van der Waals surface area (Å²) in [6.45, 7) is 1.63. The third-order valence-corrected chi connectivity index (χ3v) is 5.64. The highest BCUT2D eigenvalue weighted by molar-refractivity contribution is 5.96. The fourth-order valence-electron chi connectivity index (χ4n) is 4.01. The van der Waals surface area contributed by atoms with Crippen molar-refractivity contribution in [2.24, 2.45) is 0 Å². The summed E-state index contributed by atoms with van der Waals surface area (Å²) >= 11 is 0. The van der Waals surface area contributed by atoms with E-state index in [1.807, 2.05) is 6.07 Å². The SMILES string of the molecule is N#Cc1cn(-c2ccc3c(-c4nc(N[C@H]5CCCNC5)ncc4C(F)(F)F)c[nH]c3c2)cn1. The Balaban J connectivity index is 1.55. The van der Waals surface area contributed by atoms with Crippen molar-refractivity contribution < 1.29 is 13.2 Å². The zero-order valence-corrected chi connectivity index (χ0v) is 17.3. The van der Waals surface area contributed by atoms with Gasteiger partial charge in [-0.05, 0) is 31.5 Å². The Morgan fingerprint density at radius 1 is 1.24 bits per heavy atom. The first-order valence-electron chi connectivity index (χ1n) is 10.4. The average Bonchev–Trinajstić information content (AvgIpc) is 3.46. The number of H-pyrrole nitrogens is 1. The second-order valence-electron chi connectivity index (χ2n) is 7.85. The van der Waals surface area contributed by atoms with Gasteiger partial charge in [-0.2, -0.15) is 18.4 Å². The van der Waals surface area contributed by atoms with E-state index in [2.05, 4.69) is 30.6 Å². The van der Waals surface area contributed by atoms with Crippen LogP contribution in [0.5, 0.6) is 0 Å². The van der Waals surface area contributed by atoms with Gasteiger partial charge in [0.1, 0.15) is 18.0 Å². The van der Waals surface area contributed by atoms with E-state index in [0.717, 1.165) is 31.3 Å². The molecule has 0 saturated carbocycles. The zero-order valence-electron chi connectivity index (χ0n) is 17.3. The van der Waals surface area contributed by atoms with E-state index >= 15 is 0 Å². The van der Waals surface area contributed by atoms with Crippen LogP contribution in [0.4, 0.5) is 19.1 Å². The van der Waals surface area contributed by atoms with Crippen LogP contribution in [0.3, 0.4) is 0 Å². The number of fused-ring (bicyclic) bond motifs is 1. The number of rotatable bonds is 4. The minimum atomic E-state index is -4.60. The van der Waals surface area contributed by atoms with Gasteiger partial charge in [-0.15, -0.1) is 0 Å². The summed E-state index contributed by atoms with van der Waals surface area (Å²) < 4.78 is 43.1. The summed E-state index contributed by atoms with van der Waals surface area (Å²) in [7, 11) is 0. The fraction of sp³-hybridized carbons (Fsp3) is 0.273. The number of anilines is 1. The first kappa shape index (κ1) is 21.0. The molecule has 1 aliphatic rings. The molecule has 0 spiro atoms. The highest BCUT2D eigenvalue weighted by Crippen LogP contribution is 2.39. The summed E-state index contributed by atoms with van der Waals surface area (Å²) in [4.78, 5) is 15.2. The number of nitriles is 1. The van der Waals surface area contributed by atoms with Gasteiger partial charge in [-0.3, -0.25) is 0 Å². The van der Waals surface area contributed by atoms with Crippen LogP contribution in [0.2, 0.25) is 0 Å². The molecule has 4 heterocycles. The zero-order chi connectivity index (χ0) is 23.0. The molecule has 3 N–H and O–H groups in total. The van der Waals surface area contributed by atoms with Gasteiger partial charge in [0.25, 0.3) is 0 Å². The van der Waals surface area contributed by atoms with E-state index in [0.29, 0.717) is 23.0 Å². The molecule has 11 heteroatoms. The van der Waals surface area contributed by atoms with Crippen LogP contribution in [-0.4, -0.2) is 43.6 Å². The Morgan fingerprint density at radius 3 is 2.85 bits per heavy atom. The fourth-order valence-corrected chi connectivity index (χ4v) is 4.01. The van der Waals surface area contributed by atoms with Gasteiger partial charge in [0.05, 0.1) is 5.69 Å². The lowest BCUT2D eigenvalue weighted by atomic mass is 10.1. The number of benzene rings is 1. The molecule has 0 radical (unpaired) electrons. The summed E-state index contributed by atoms with van der Waals surface area (Å²) in [5, 5.41) is 16.0. The molecular weight excluding hydrogens is 433 g/mol. The second kappa shape index (κ2) is 8.22. The van der Waals surface area contributed by atoms with E-state index in [4.69, 9.17) is 5.26 Å². The number of nitrogens with one attached hydrogen (secondary N) is 3. The number of halogens is 3. The number of hydrogen-bond acceptors (Lipinski definition) is 6. The van der Waals surface area contributed by atoms with E-state index in [1.54, 1.807) is 29.0 Å². The van der Waals surface area contributed by atoms with Gasteiger partial charge in [0, 0.05) is 53.3 Å². The molecule has 1 atom stereocenters. The summed E-state index contributed by atoms with van der Waals surface area (Å²) in [5.41, 5.74) is 0.874. The largest absolute Gasteiger partial charge is 0.419 e. The molecule has 4 aromatic rings. The third kappa shape index (κ3) is 4.12. The topological polar surface area (TPSA) is 107 Å². The lowest BCUT2D eigenvalue weighted by Crippen LogP contribution is -2.38. The van der Waals surface area contributed by atoms with Crippen LogP contribution in [0, 0.1) is 11.3 Å². The van der Waals surface area contributed by atoms with Crippen molar-refractivity contribution in [2.75, 3.05) is 18.4 Å². The molecule has 33 heavy (non-hydrogen) atoms. The molecule has 1 aromatic carbocycles. The lowest BCUT2D eigenvalue weighted by Gasteiger charge is -2.24. The van der Waals surface area contributed by atoms with Crippen LogP contribution in [0.25, 0.3) is 27.8 Å². The highest BCUT2D eigenvalue weighted by atomic mass is 19.4. The Bertz CT molecular complexity index is 1340. The van der Waals surface area contributed by atoms with Gasteiger partial charge in [-0.1, -0.05) is 6.07 Å². The summed E-state index contributed by atoms with van der Waals surface area (Å²) in [6.07, 6.45) is 2.71. The van der Waals surface area contributed by atoms with E-state index < -0.39 is 11.7 Å². The molecule has 0 aliphatic carbocycles. The predicted octanol–water partition coefficient (Wildman–Crippen LogP) is 3.86. The predicted molar refractivity (Wildman–Crippen MR) is 116 cm³/mol. The van der Waals surface area contributed by atoms with E-state index in [-0.39, 0.29) is 23.4 Å². The molecule has 0 bridgehead atoms. The quantitative estimate of drug-likeness (QED) is 0.434. The smallest absolute Gasteiger partial charge is 0.360 e. The van der Waals surface area contributed by atoms with E-state index in [1.165, 1.54) is 12.5 Å². The number of alkyl halides is 3. The molecule has 5 rings (SSSR count). The highest BCUT2D eigenvalue weighted by Gasteiger charge is 2.36. The monoisotopic (exact) mass is 452 g/mol. The molecule has 1 fully saturated rings. The second-order valence-corrected chi connectivity index (χ2v) is 7.85. The van der Waals surface area contributed by atoms with Crippen LogP contribution in [-0.2, 0) is 6.18 Å². The van der Waals surface area contributed by atoms with Gasteiger partial charge in [0.2, 0.25) is 5.95 Å². The minimum absolute atomic E-state index is 0.0577. The van der Waals surface area contributed by atoms with Gasteiger partial charge >= 0.3 is 6.18 Å². The maximum Gasteiger partial charge on any atom is 0.419 e. The molecule has 0 amide bonds. The molecule has 1 saturated heterocycles. The Morgan fingerprint density at radius 2 is 2.12 bits per heavy atom. The Hall–Kier alpha value is -3.91. The number of nitrogens with zero attached hydrogens (tertiary/aromatic N) is 5. The van der Waals surface area contributed by atoms with Crippen molar-refractivity contribution in [3.8, 4) is 23.0 Å². The third-order valence-electron chi connectivity index (χ3n) is 5.64. The maximum absolute atomic E-state index is 13.8. The van der Waals surface area contributed by atoms with Crippen molar-refractivity contribution in [3.63, 3.8) is 0 Å². The average molecular weight is 452 g/mol. The number of imidazole rings is 1. The number of aromatic nitrogens is 5. The molecular formula is C22H19F3N8. The summed E-state index contributed by atoms with van der Waals surface area (Å²) in [6, 6.07) is 7.28. The minimum Gasteiger partial charge on any atom is -0.360 e. The standard InChI is InChI=1S/C22H19F3N8/c23-22(24,25)18-10-29-21(31-13-2-1-5-27-8-13)32-20(18)17-9-28-19-6-15(3-4-16(17)19)33-11-14(7-26)30-12-33/h3-4,6,9-13,27-28H,1-2,5,8H2,(H,29,31,32)/t13-/m0/s1.